The van der Waals surface area contributed by atoms with Crippen LogP contribution in [0.15, 0.2) is 72.8 Å². The molecule has 0 aliphatic carbocycles. The molecule has 0 radical (unpaired) electrons. The minimum Gasteiger partial charge on any atom is -0.447 e. The molecule has 3 aromatic carbocycles. The molecule has 11 heteroatoms. The largest absolute Gasteiger partial charge is 0.447 e. The highest BCUT2D eigenvalue weighted by Crippen LogP contribution is 2.26. The lowest BCUT2D eigenvalue weighted by Crippen LogP contribution is -2.53. The van der Waals surface area contributed by atoms with E-state index < -0.39 is 42.9 Å². The third-order valence-electron chi connectivity index (χ3n) is 6.27. The van der Waals surface area contributed by atoms with Crippen LogP contribution in [0, 0.1) is 20.8 Å². The van der Waals surface area contributed by atoms with E-state index in [0.717, 1.165) is 16.7 Å². The Bertz CT molecular complexity index is 1330. The van der Waals surface area contributed by atoms with Gasteiger partial charge in [-0.3, -0.25) is 16.0 Å². The maximum Gasteiger partial charge on any atom is 0.412 e. The Balaban J connectivity index is 1.39. The molecule has 3 aromatic rings. The van der Waals surface area contributed by atoms with Gasteiger partial charge in [0.2, 0.25) is 0 Å². The van der Waals surface area contributed by atoms with Crippen LogP contribution in [-0.2, 0) is 18.9 Å². The van der Waals surface area contributed by atoms with E-state index >= 15 is 0 Å². The number of nitrogens with one attached hydrogen (secondary N) is 3. The Kier molecular flexibility index (Phi) is 9.77. The lowest BCUT2D eigenvalue weighted by Gasteiger charge is -2.37. The van der Waals surface area contributed by atoms with Crippen LogP contribution in [0.4, 0.5) is 31.4 Å². The molecule has 3 amide bonds. The van der Waals surface area contributed by atoms with Gasteiger partial charge in [0, 0.05) is 23.5 Å². The summed E-state index contributed by atoms with van der Waals surface area (Å²) >= 11 is 0. The van der Waals surface area contributed by atoms with Crippen LogP contribution in [-0.4, -0.2) is 54.6 Å². The third-order valence-corrected chi connectivity index (χ3v) is 6.27. The second-order valence-corrected chi connectivity index (χ2v) is 9.77. The fraction of sp³-hybridized carbons (Fsp3) is 0.300. The number of anilines is 3. The molecule has 4 atom stereocenters. The molecule has 1 saturated heterocycles. The van der Waals surface area contributed by atoms with Crippen LogP contribution in [0.5, 0.6) is 0 Å². The molecule has 0 aromatic heterocycles. The van der Waals surface area contributed by atoms with E-state index in [2.05, 4.69) is 16.0 Å². The van der Waals surface area contributed by atoms with Crippen LogP contribution in [0.3, 0.4) is 0 Å². The van der Waals surface area contributed by atoms with Gasteiger partial charge in [-0.05, 0) is 57.2 Å². The topological polar surface area (TPSA) is 144 Å². The minimum atomic E-state index is -1.67. The van der Waals surface area contributed by atoms with Crippen LogP contribution in [0.1, 0.15) is 23.1 Å². The van der Waals surface area contributed by atoms with Crippen molar-refractivity contribution >= 4 is 35.3 Å². The zero-order valence-electron chi connectivity index (χ0n) is 23.0. The number of carbonyl (C=O) groups excluding carboxylic acids is 3. The molecule has 11 nitrogen and oxygen atoms in total. The highest BCUT2D eigenvalue weighted by molar-refractivity contribution is 5.86. The van der Waals surface area contributed by atoms with Crippen molar-refractivity contribution in [3.05, 3.63) is 89.5 Å². The number of ether oxygens (including phenoxy) is 4. The summed E-state index contributed by atoms with van der Waals surface area (Å²) in [6, 6.07) is 21.2. The quantitative estimate of drug-likeness (QED) is 0.276. The van der Waals surface area contributed by atoms with Crippen molar-refractivity contribution in [3.8, 4) is 0 Å². The third kappa shape index (κ3) is 8.95. The highest BCUT2D eigenvalue weighted by atomic mass is 16.7. The number of carbonyl (C=O) groups is 3. The molecular formula is C30H33N3O8. The Hall–Kier alpha value is -4.61. The summed E-state index contributed by atoms with van der Waals surface area (Å²) in [7, 11) is 0. The molecule has 1 aliphatic heterocycles. The fourth-order valence-electron chi connectivity index (χ4n) is 4.05. The lowest BCUT2D eigenvalue weighted by atomic mass is 10.0. The van der Waals surface area contributed by atoms with Gasteiger partial charge in [0.15, 0.2) is 12.4 Å². The first kappa shape index (κ1) is 29.4. The van der Waals surface area contributed by atoms with Crippen LogP contribution in [0.25, 0.3) is 0 Å². The summed E-state index contributed by atoms with van der Waals surface area (Å²) in [6.45, 7) is 5.50. The Morgan fingerprint density at radius 1 is 0.707 bits per heavy atom. The second kappa shape index (κ2) is 13.6. The number of aliphatic hydroxyl groups excluding tert-OH is 1. The van der Waals surface area contributed by atoms with Gasteiger partial charge >= 0.3 is 18.3 Å². The highest BCUT2D eigenvalue weighted by Gasteiger charge is 2.43. The van der Waals surface area contributed by atoms with Crippen molar-refractivity contribution in [2.24, 2.45) is 0 Å². The predicted molar refractivity (Wildman–Crippen MR) is 152 cm³/mol. The number of rotatable bonds is 7. The molecular weight excluding hydrogens is 530 g/mol. The van der Waals surface area contributed by atoms with Crippen molar-refractivity contribution in [1.29, 1.82) is 0 Å². The van der Waals surface area contributed by atoms with Crippen LogP contribution >= 0.6 is 0 Å². The van der Waals surface area contributed by atoms with Crippen LogP contribution < -0.4 is 16.0 Å². The van der Waals surface area contributed by atoms with Gasteiger partial charge in [0.1, 0.15) is 12.7 Å². The maximum atomic E-state index is 12.7. The van der Waals surface area contributed by atoms with Gasteiger partial charge in [0.25, 0.3) is 0 Å². The van der Waals surface area contributed by atoms with Crippen molar-refractivity contribution < 1.29 is 38.4 Å². The molecule has 1 aliphatic rings. The molecule has 1 fully saturated rings. The van der Waals surface area contributed by atoms with E-state index in [1.807, 2.05) is 57.2 Å². The van der Waals surface area contributed by atoms with E-state index in [1.165, 1.54) is 0 Å². The zero-order chi connectivity index (χ0) is 29.4. The maximum absolute atomic E-state index is 12.7. The van der Waals surface area contributed by atoms with Crippen molar-refractivity contribution in [2.45, 2.75) is 51.8 Å². The minimum absolute atomic E-state index is 0.0291. The Morgan fingerprint density at radius 2 is 1.12 bits per heavy atom. The zero-order valence-corrected chi connectivity index (χ0v) is 23.0. The van der Waals surface area contributed by atoms with Gasteiger partial charge in [-0.1, -0.05) is 53.1 Å². The molecule has 4 N–H and O–H groups in total. The Labute approximate surface area is 237 Å². The van der Waals surface area contributed by atoms with Crippen molar-refractivity contribution in [3.63, 3.8) is 0 Å². The molecule has 41 heavy (non-hydrogen) atoms. The molecule has 0 bridgehead atoms. The number of hydrogen-bond acceptors (Lipinski definition) is 8. The molecule has 216 valence electrons. The van der Waals surface area contributed by atoms with E-state index in [0.29, 0.717) is 17.1 Å². The molecule has 0 unspecified atom stereocenters. The standard InChI is InChI=1S/C30H33N3O8/c1-18-4-10-21(11-5-18)31-28(35)38-17-24-16-25(40-29(36)32-22-12-6-19(2)7-13-22)26(27(34)39-24)41-30(37)33-23-14-8-20(3)9-15-23/h4-15,24-27,34H,16-17H2,1-3H3,(H,31,35)(H,32,36)(H,33,37)/t24-,25-,26+,27+/m0/s1. The summed E-state index contributed by atoms with van der Waals surface area (Å²) in [6.07, 6.45) is -7.46. The van der Waals surface area contributed by atoms with E-state index in [1.54, 1.807) is 36.4 Å². The normalized spacial score (nSPS) is 19.9. The molecule has 0 spiro atoms. The predicted octanol–water partition coefficient (Wildman–Crippen LogP) is 5.50. The number of hydrogen-bond donors (Lipinski definition) is 4. The smallest absolute Gasteiger partial charge is 0.412 e. The van der Waals surface area contributed by atoms with Crippen LogP contribution in [0.2, 0.25) is 0 Å². The fourth-order valence-corrected chi connectivity index (χ4v) is 4.05. The van der Waals surface area contributed by atoms with Crippen molar-refractivity contribution in [2.75, 3.05) is 22.6 Å². The summed E-state index contributed by atoms with van der Waals surface area (Å²) in [5, 5.41) is 18.5. The number of aliphatic hydroxyl groups is 1. The monoisotopic (exact) mass is 563 g/mol. The summed E-state index contributed by atoms with van der Waals surface area (Å²) in [5.74, 6) is 0. The van der Waals surface area contributed by atoms with Gasteiger partial charge in [-0.15, -0.1) is 0 Å². The van der Waals surface area contributed by atoms with Gasteiger partial charge in [-0.25, -0.2) is 14.4 Å². The molecule has 4 rings (SSSR count). The molecule has 0 saturated carbocycles. The van der Waals surface area contributed by atoms with Gasteiger partial charge in [-0.2, -0.15) is 0 Å². The van der Waals surface area contributed by atoms with Crippen molar-refractivity contribution in [1.82, 2.24) is 0 Å². The van der Waals surface area contributed by atoms with Gasteiger partial charge in [0.05, 0.1) is 6.10 Å². The number of amides is 3. The summed E-state index contributed by atoms with van der Waals surface area (Å²) in [5.41, 5.74) is 4.58. The summed E-state index contributed by atoms with van der Waals surface area (Å²) < 4.78 is 21.8. The summed E-state index contributed by atoms with van der Waals surface area (Å²) in [4.78, 5) is 37.6. The SMILES string of the molecule is Cc1ccc(NC(=O)OC[C@@H]2C[C@H](OC(=O)Nc3ccc(C)cc3)[C@@H](OC(=O)Nc3ccc(C)cc3)[C@H](O)O2)cc1. The lowest BCUT2D eigenvalue weighted by molar-refractivity contribution is -0.248. The van der Waals surface area contributed by atoms with Gasteiger partial charge < -0.3 is 24.1 Å². The first-order valence-corrected chi connectivity index (χ1v) is 13.1. The number of aryl methyl sites for hydroxylation is 3. The molecule has 1 heterocycles. The number of benzene rings is 3. The Morgan fingerprint density at radius 3 is 1.59 bits per heavy atom. The van der Waals surface area contributed by atoms with E-state index in [4.69, 9.17) is 18.9 Å². The average Bonchev–Trinajstić information content (AvgIpc) is 2.93. The first-order valence-electron chi connectivity index (χ1n) is 13.1. The van der Waals surface area contributed by atoms with E-state index in [-0.39, 0.29) is 13.0 Å². The second-order valence-electron chi connectivity index (χ2n) is 9.77. The van der Waals surface area contributed by atoms with E-state index in [9.17, 15) is 19.5 Å². The average molecular weight is 564 g/mol. The first-order chi connectivity index (χ1) is 19.6.